The van der Waals surface area contributed by atoms with E-state index in [2.05, 4.69) is 18.8 Å². The Morgan fingerprint density at radius 3 is 2.55 bits per heavy atom. The maximum absolute atomic E-state index is 12.9. The number of ether oxygens (including phenoxy) is 1. The summed E-state index contributed by atoms with van der Waals surface area (Å²) in [5, 5.41) is 0. The van der Waals surface area contributed by atoms with Crippen LogP contribution in [0.25, 0.3) is 0 Å². The van der Waals surface area contributed by atoms with Crippen molar-refractivity contribution in [3.8, 4) is 0 Å². The van der Waals surface area contributed by atoms with Gasteiger partial charge in [-0.2, -0.15) is 0 Å². The summed E-state index contributed by atoms with van der Waals surface area (Å²) in [6.45, 7) is 6.95. The van der Waals surface area contributed by atoms with Crippen LogP contribution in [0.2, 0.25) is 0 Å². The number of aromatic nitrogens is 1. The molecule has 20 heavy (non-hydrogen) atoms. The third-order valence-corrected chi connectivity index (χ3v) is 4.35. The first-order chi connectivity index (χ1) is 9.40. The van der Waals surface area contributed by atoms with Crippen molar-refractivity contribution in [3.05, 3.63) is 24.0 Å². The maximum atomic E-state index is 12.9. The number of hydrogen-bond donors (Lipinski definition) is 1. The number of nitrogens with two attached hydrogens (primary N) is 1. The smallest absolute Gasteiger partial charge is 0.198 e. The highest BCUT2D eigenvalue weighted by molar-refractivity contribution is 6.06. The van der Waals surface area contributed by atoms with Crippen LogP contribution in [-0.4, -0.2) is 23.0 Å². The lowest BCUT2D eigenvalue weighted by Gasteiger charge is -2.42. The monoisotopic (exact) mass is 276 g/mol. The van der Waals surface area contributed by atoms with Gasteiger partial charge < -0.3 is 10.5 Å². The highest BCUT2D eigenvalue weighted by atomic mass is 16.5. The Kier molecular flexibility index (Phi) is 4.14. The quantitative estimate of drug-likeness (QED) is 0.857. The van der Waals surface area contributed by atoms with Crippen molar-refractivity contribution >= 4 is 11.5 Å². The molecule has 110 valence electrons. The number of hydrogen-bond acceptors (Lipinski definition) is 4. The number of carbonyl (C=O) groups excluding carboxylic acids is 1. The first-order valence-electron chi connectivity index (χ1n) is 7.28. The van der Waals surface area contributed by atoms with Gasteiger partial charge in [-0.05, 0) is 44.1 Å². The fraction of sp³-hybridized carbons (Fsp3) is 0.625. The number of nitrogen functional groups attached to an aromatic ring is 1. The Labute approximate surface area is 120 Å². The molecule has 0 saturated heterocycles. The topological polar surface area (TPSA) is 65.2 Å². The van der Waals surface area contributed by atoms with Crippen LogP contribution in [0.4, 0.5) is 5.69 Å². The number of anilines is 1. The zero-order chi connectivity index (χ0) is 14.8. The van der Waals surface area contributed by atoms with Gasteiger partial charge in [0, 0.05) is 24.7 Å². The summed E-state index contributed by atoms with van der Waals surface area (Å²) in [6.07, 6.45) is 6.63. The van der Waals surface area contributed by atoms with Gasteiger partial charge in [-0.25, -0.2) is 0 Å². The Morgan fingerprint density at radius 2 is 2.00 bits per heavy atom. The second kappa shape index (κ2) is 5.52. The number of ketones is 1. The molecular weight excluding hydrogens is 252 g/mol. The lowest BCUT2D eigenvalue weighted by molar-refractivity contribution is -0.0580. The highest BCUT2D eigenvalue weighted by Gasteiger charge is 2.45. The maximum Gasteiger partial charge on any atom is 0.198 e. The van der Waals surface area contributed by atoms with Gasteiger partial charge in [0.1, 0.15) is 5.60 Å². The minimum absolute atomic E-state index is 0.0135. The van der Waals surface area contributed by atoms with E-state index in [0.29, 0.717) is 17.9 Å². The number of carbonyl (C=O) groups is 1. The van der Waals surface area contributed by atoms with Crippen molar-refractivity contribution in [1.29, 1.82) is 0 Å². The summed E-state index contributed by atoms with van der Waals surface area (Å²) >= 11 is 0. The molecule has 0 amide bonds. The van der Waals surface area contributed by atoms with Crippen LogP contribution >= 0.6 is 0 Å². The van der Waals surface area contributed by atoms with Gasteiger partial charge in [0.05, 0.1) is 5.56 Å². The van der Waals surface area contributed by atoms with Crippen LogP contribution in [-0.2, 0) is 4.74 Å². The zero-order valence-corrected chi connectivity index (χ0v) is 12.6. The molecule has 0 bridgehead atoms. The molecule has 0 unspecified atom stereocenters. The molecule has 2 N–H and O–H groups in total. The van der Waals surface area contributed by atoms with Gasteiger partial charge >= 0.3 is 0 Å². The Bertz CT molecular complexity index is 487. The molecule has 0 radical (unpaired) electrons. The van der Waals surface area contributed by atoms with Crippen LogP contribution < -0.4 is 5.73 Å². The molecule has 1 fully saturated rings. The molecule has 0 atom stereocenters. The first-order valence-corrected chi connectivity index (χ1v) is 7.28. The number of nitrogens with zero attached hydrogens (tertiary/aromatic N) is 1. The van der Waals surface area contributed by atoms with Crippen molar-refractivity contribution in [2.24, 2.45) is 5.41 Å². The van der Waals surface area contributed by atoms with E-state index < -0.39 is 5.60 Å². The average Bonchev–Trinajstić information content (AvgIpc) is 2.42. The molecule has 1 aromatic rings. The molecule has 1 heterocycles. The zero-order valence-electron chi connectivity index (χ0n) is 12.6. The van der Waals surface area contributed by atoms with E-state index in [1.165, 1.54) is 0 Å². The average molecular weight is 276 g/mol. The molecule has 0 aliphatic heterocycles. The number of Topliss-reactive ketones (excluding diaryl/α,β-unsaturated/α-hetero) is 1. The predicted octanol–water partition coefficient (Wildman–Crippen LogP) is 3.22. The minimum atomic E-state index is -0.721. The summed E-state index contributed by atoms with van der Waals surface area (Å²) in [5.74, 6) is -0.0135. The standard InChI is InChI=1S/C16H24N2O2/c1-4-20-16(8-6-15(2,3)7-9-16)14(19)12-11-18-10-5-13(12)17/h5,10-11H,4,6-9H2,1-3H3,(H2,17,18). The van der Waals surface area contributed by atoms with Crippen LogP contribution in [0.3, 0.4) is 0 Å². The van der Waals surface area contributed by atoms with Crippen molar-refractivity contribution < 1.29 is 9.53 Å². The SMILES string of the molecule is CCOC1(C(=O)c2cnccc2N)CCC(C)(C)CC1. The van der Waals surface area contributed by atoms with Crippen LogP contribution in [0.5, 0.6) is 0 Å². The van der Waals surface area contributed by atoms with Crippen molar-refractivity contribution in [2.45, 2.75) is 52.1 Å². The predicted molar refractivity (Wildman–Crippen MR) is 79.6 cm³/mol. The molecule has 0 aromatic carbocycles. The lowest BCUT2D eigenvalue weighted by atomic mass is 9.68. The van der Waals surface area contributed by atoms with Crippen molar-refractivity contribution in [1.82, 2.24) is 4.98 Å². The number of pyridine rings is 1. The Balaban J connectivity index is 2.30. The van der Waals surface area contributed by atoms with Crippen molar-refractivity contribution in [2.75, 3.05) is 12.3 Å². The van der Waals surface area contributed by atoms with Gasteiger partial charge in [0.15, 0.2) is 5.78 Å². The minimum Gasteiger partial charge on any atom is -0.398 e. The lowest BCUT2D eigenvalue weighted by Crippen LogP contribution is -2.46. The molecule has 2 rings (SSSR count). The van der Waals surface area contributed by atoms with Crippen LogP contribution in [0.1, 0.15) is 56.8 Å². The normalized spacial score (nSPS) is 20.6. The third-order valence-electron chi connectivity index (χ3n) is 4.35. The van der Waals surface area contributed by atoms with Gasteiger partial charge in [-0.1, -0.05) is 13.8 Å². The van der Waals surface area contributed by atoms with E-state index in [4.69, 9.17) is 10.5 Å². The highest BCUT2D eigenvalue weighted by Crippen LogP contribution is 2.43. The second-order valence-corrected chi connectivity index (χ2v) is 6.38. The van der Waals surface area contributed by atoms with Crippen molar-refractivity contribution in [3.63, 3.8) is 0 Å². The van der Waals surface area contributed by atoms with E-state index in [0.717, 1.165) is 25.7 Å². The van der Waals surface area contributed by atoms with Gasteiger partial charge in [0.25, 0.3) is 0 Å². The van der Waals surface area contributed by atoms with Gasteiger partial charge in [0.2, 0.25) is 0 Å². The van der Waals surface area contributed by atoms with Crippen LogP contribution in [0.15, 0.2) is 18.5 Å². The molecule has 0 spiro atoms. The summed E-state index contributed by atoms with van der Waals surface area (Å²) in [7, 11) is 0. The summed E-state index contributed by atoms with van der Waals surface area (Å²) in [4.78, 5) is 16.9. The van der Waals surface area contributed by atoms with E-state index in [1.807, 2.05) is 6.92 Å². The fourth-order valence-corrected chi connectivity index (χ4v) is 2.88. The molecule has 4 heteroatoms. The first kappa shape index (κ1) is 15.0. The molecule has 4 nitrogen and oxygen atoms in total. The van der Waals surface area contributed by atoms with E-state index in [1.54, 1.807) is 18.5 Å². The Morgan fingerprint density at radius 1 is 1.35 bits per heavy atom. The molecule has 1 aliphatic carbocycles. The fourth-order valence-electron chi connectivity index (χ4n) is 2.88. The molecule has 1 aliphatic rings. The summed E-state index contributed by atoms with van der Waals surface area (Å²) in [6, 6.07) is 1.67. The third kappa shape index (κ3) is 2.85. The second-order valence-electron chi connectivity index (χ2n) is 6.38. The van der Waals surface area contributed by atoms with Crippen LogP contribution in [0, 0.1) is 5.41 Å². The van der Waals surface area contributed by atoms with E-state index in [-0.39, 0.29) is 11.2 Å². The molecule has 1 aromatic heterocycles. The van der Waals surface area contributed by atoms with Gasteiger partial charge in [-0.15, -0.1) is 0 Å². The largest absolute Gasteiger partial charge is 0.398 e. The summed E-state index contributed by atoms with van der Waals surface area (Å²) < 4.78 is 5.90. The van der Waals surface area contributed by atoms with E-state index in [9.17, 15) is 4.79 Å². The Hall–Kier alpha value is -1.42. The molecule has 1 saturated carbocycles. The van der Waals surface area contributed by atoms with E-state index >= 15 is 0 Å². The number of rotatable bonds is 4. The molecular formula is C16H24N2O2. The van der Waals surface area contributed by atoms with Gasteiger partial charge in [-0.3, -0.25) is 9.78 Å². The summed E-state index contributed by atoms with van der Waals surface area (Å²) in [5.41, 5.74) is 6.45.